The molecule has 1 amide bonds. The summed E-state index contributed by atoms with van der Waals surface area (Å²) in [6, 6.07) is 0. The normalized spacial score (nSPS) is 22.1. The maximum atomic E-state index is 11.5. The zero-order valence-corrected chi connectivity index (χ0v) is 10.5. The Morgan fingerprint density at radius 3 is 2.65 bits per heavy atom. The largest absolute Gasteiger partial charge is 0.378 e. The summed E-state index contributed by atoms with van der Waals surface area (Å²) in [7, 11) is 0. The van der Waals surface area contributed by atoms with Crippen LogP contribution in [0.2, 0.25) is 0 Å². The summed E-state index contributed by atoms with van der Waals surface area (Å²) in [5.41, 5.74) is 0. The molecule has 1 aliphatic heterocycles. The third-order valence-corrected chi connectivity index (χ3v) is 3.78. The summed E-state index contributed by atoms with van der Waals surface area (Å²) in [5.74, 6) is 0.884. The number of hydrogen-bond donors (Lipinski definition) is 2. The third kappa shape index (κ3) is 4.64. The van der Waals surface area contributed by atoms with Gasteiger partial charge >= 0.3 is 0 Å². The number of nitrogens with one attached hydrogen (secondary N) is 2. The summed E-state index contributed by atoms with van der Waals surface area (Å²) in [4.78, 5) is 11.5. The predicted molar refractivity (Wildman–Crippen MR) is 66.8 cm³/mol. The molecule has 4 heteroatoms. The lowest BCUT2D eigenvalue weighted by atomic mass is 9.85. The number of carbonyl (C=O) groups excluding carboxylic acids is 1. The average Bonchev–Trinajstić information content (AvgIpc) is 2.28. The first-order valence-electron chi connectivity index (χ1n) is 6.93. The van der Waals surface area contributed by atoms with Crippen LogP contribution in [0.3, 0.4) is 0 Å². The molecule has 2 rings (SSSR count). The van der Waals surface area contributed by atoms with Gasteiger partial charge in [-0.2, -0.15) is 0 Å². The Balaban J connectivity index is 1.47. The van der Waals surface area contributed by atoms with Crippen LogP contribution in [-0.4, -0.2) is 38.3 Å². The summed E-state index contributed by atoms with van der Waals surface area (Å²) < 4.78 is 5.70. The fourth-order valence-electron chi connectivity index (χ4n) is 2.32. The number of carbonyl (C=O) groups is 1. The molecule has 1 aliphatic carbocycles. The lowest BCUT2D eigenvalue weighted by Gasteiger charge is -2.25. The Morgan fingerprint density at radius 1 is 1.24 bits per heavy atom. The van der Waals surface area contributed by atoms with Gasteiger partial charge in [-0.05, 0) is 44.7 Å². The number of amides is 1. The van der Waals surface area contributed by atoms with Gasteiger partial charge in [-0.15, -0.1) is 0 Å². The van der Waals surface area contributed by atoms with Crippen molar-refractivity contribution in [2.45, 2.75) is 44.6 Å². The van der Waals surface area contributed by atoms with Gasteiger partial charge in [0, 0.05) is 13.0 Å². The highest BCUT2D eigenvalue weighted by molar-refractivity contribution is 5.75. The summed E-state index contributed by atoms with van der Waals surface area (Å²) in [6.45, 7) is 3.52. The SMILES string of the molecule is O=C(CCOC1CCNCC1)NCC1CCC1. The molecule has 0 aromatic heterocycles. The van der Waals surface area contributed by atoms with E-state index in [9.17, 15) is 4.79 Å². The van der Waals surface area contributed by atoms with E-state index in [1.165, 1.54) is 19.3 Å². The van der Waals surface area contributed by atoms with E-state index in [0.717, 1.165) is 38.4 Å². The highest BCUT2D eigenvalue weighted by Gasteiger charge is 2.18. The van der Waals surface area contributed by atoms with E-state index in [-0.39, 0.29) is 5.91 Å². The zero-order chi connectivity index (χ0) is 11.9. The Kier molecular flexibility index (Phi) is 5.26. The minimum absolute atomic E-state index is 0.144. The van der Waals surface area contributed by atoms with E-state index in [1.54, 1.807) is 0 Å². The van der Waals surface area contributed by atoms with Crippen LogP contribution in [0.5, 0.6) is 0 Å². The van der Waals surface area contributed by atoms with Crippen molar-refractivity contribution in [3.8, 4) is 0 Å². The molecule has 0 atom stereocenters. The van der Waals surface area contributed by atoms with E-state index in [2.05, 4.69) is 10.6 Å². The summed E-state index contributed by atoms with van der Waals surface area (Å²) >= 11 is 0. The van der Waals surface area contributed by atoms with E-state index in [4.69, 9.17) is 4.74 Å². The smallest absolute Gasteiger partial charge is 0.222 e. The second kappa shape index (κ2) is 6.97. The third-order valence-electron chi connectivity index (χ3n) is 3.78. The summed E-state index contributed by atoms with van der Waals surface area (Å²) in [5, 5.41) is 6.29. The van der Waals surface area contributed by atoms with Crippen molar-refractivity contribution in [3.63, 3.8) is 0 Å². The molecular formula is C13H24N2O2. The van der Waals surface area contributed by atoms with Crippen LogP contribution in [0.1, 0.15) is 38.5 Å². The Labute approximate surface area is 103 Å². The van der Waals surface area contributed by atoms with Crippen LogP contribution >= 0.6 is 0 Å². The molecule has 1 heterocycles. The van der Waals surface area contributed by atoms with Gasteiger partial charge < -0.3 is 15.4 Å². The number of rotatable bonds is 6. The minimum Gasteiger partial charge on any atom is -0.378 e. The molecule has 2 N–H and O–H groups in total. The van der Waals surface area contributed by atoms with Crippen molar-refractivity contribution in [3.05, 3.63) is 0 Å². The summed E-state index contributed by atoms with van der Waals surface area (Å²) in [6.07, 6.45) is 6.91. The van der Waals surface area contributed by atoms with Crippen molar-refractivity contribution in [1.29, 1.82) is 0 Å². The van der Waals surface area contributed by atoms with Crippen molar-refractivity contribution in [1.82, 2.24) is 10.6 Å². The van der Waals surface area contributed by atoms with Gasteiger partial charge in [-0.3, -0.25) is 4.79 Å². The van der Waals surface area contributed by atoms with Crippen LogP contribution in [0.4, 0.5) is 0 Å². The lowest BCUT2D eigenvalue weighted by molar-refractivity contribution is -0.123. The van der Waals surface area contributed by atoms with Crippen molar-refractivity contribution < 1.29 is 9.53 Å². The molecule has 98 valence electrons. The number of ether oxygens (including phenoxy) is 1. The molecule has 0 aromatic carbocycles. The van der Waals surface area contributed by atoms with Crippen molar-refractivity contribution >= 4 is 5.91 Å². The number of hydrogen-bond acceptors (Lipinski definition) is 3. The van der Waals surface area contributed by atoms with Gasteiger partial charge in [-0.25, -0.2) is 0 Å². The first kappa shape index (κ1) is 12.8. The molecule has 1 saturated carbocycles. The van der Waals surface area contributed by atoms with Crippen molar-refractivity contribution in [2.24, 2.45) is 5.92 Å². The first-order valence-corrected chi connectivity index (χ1v) is 6.93. The lowest BCUT2D eigenvalue weighted by Crippen LogP contribution is -2.34. The van der Waals surface area contributed by atoms with Gasteiger partial charge in [-0.1, -0.05) is 6.42 Å². The second-order valence-corrected chi connectivity index (χ2v) is 5.17. The van der Waals surface area contributed by atoms with Gasteiger partial charge in [0.15, 0.2) is 0 Å². The van der Waals surface area contributed by atoms with Crippen LogP contribution in [0.15, 0.2) is 0 Å². The van der Waals surface area contributed by atoms with E-state index < -0.39 is 0 Å². The van der Waals surface area contributed by atoms with Gasteiger partial charge in [0.25, 0.3) is 0 Å². The van der Waals surface area contributed by atoms with E-state index >= 15 is 0 Å². The van der Waals surface area contributed by atoms with Crippen LogP contribution in [0.25, 0.3) is 0 Å². The van der Waals surface area contributed by atoms with E-state index in [1.807, 2.05) is 0 Å². The molecule has 0 spiro atoms. The average molecular weight is 240 g/mol. The molecule has 0 bridgehead atoms. The predicted octanol–water partition coefficient (Wildman–Crippen LogP) is 1.06. The Hall–Kier alpha value is -0.610. The fourth-order valence-corrected chi connectivity index (χ4v) is 2.32. The van der Waals surface area contributed by atoms with Crippen molar-refractivity contribution in [2.75, 3.05) is 26.2 Å². The Morgan fingerprint density at radius 2 is 2.00 bits per heavy atom. The molecule has 2 fully saturated rings. The van der Waals surface area contributed by atoms with E-state index in [0.29, 0.717) is 19.1 Å². The number of piperidine rings is 1. The quantitative estimate of drug-likeness (QED) is 0.730. The monoisotopic (exact) mass is 240 g/mol. The van der Waals surface area contributed by atoms with Gasteiger partial charge in [0.1, 0.15) is 0 Å². The molecule has 2 aliphatic rings. The Bertz CT molecular complexity index is 236. The topological polar surface area (TPSA) is 50.4 Å². The molecule has 0 radical (unpaired) electrons. The molecule has 17 heavy (non-hydrogen) atoms. The second-order valence-electron chi connectivity index (χ2n) is 5.17. The van der Waals surface area contributed by atoms with Crippen LogP contribution < -0.4 is 10.6 Å². The molecule has 1 saturated heterocycles. The van der Waals surface area contributed by atoms with Gasteiger partial charge in [0.05, 0.1) is 12.7 Å². The fraction of sp³-hybridized carbons (Fsp3) is 0.923. The molecular weight excluding hydrogens is 216 g/mol. The standard InChI is InChI=1S/C13H24N2O2/c16-13(15-10-11-2-1-3-11)6-9-17-12-4-7-14-8-5-12/h11-12,14H,1-10H2,(H,15,16). The molecule has 4 nitrogen and oxygen atoms in total. The zero-order valence-electron chi connectivity index (χ0n) is 10.5. The van der Waals surface area contributed by atoms with Gasteiger partial charge in [0.2, 0.25) is 5.91 Å². The van der Waals surface area contributed by atoms with Crippen LogP contribution in [-0.2, 0) is 9.53 Å². The first-order chi connectivity index (χ1) is 8.34. The maximum absolute atomic E-state index is 11.5. The molecule has 0 unspecified atom stereocenters. The maximum Gasteiger partial charge on any atom is 0.222 e. The highest BCUT2D eigenvalue weighted by Crippen LogP contribution is 2.25. The van der Waals surface area contributed by atoms with Crippen LogP contribution in [0, 0.1) is 5.92 Å². The highest BCUT2D eigenvalue weighted by atomic mass is 16.5. The molecule has 0 aromatic rings. The minimum atomic E-state index is 0.144.